The van der Waals surface area contributed by atoms with Gasteiger partial charge in [0.2, 0.25) is 6.79 Å². The third-order valence-corrected chi connectivity index (χ3v) is 4.16. The number of hydrogen-bond acceptors (Lipinski definition) is 5. The second-order valence-electron chi connectivity index (χ2n) is 7.34. The molecular formula is C18H24N2O5. The average molecular weight is 348 g/mol. The highest BCUT2D eigenvalue weighted by Crippen LogP contribution is 2.33. The Hall–Kier alpha value is -2.44. The Kier molecular flexibility index (Phi) is 4.49. The molecule has 0 N–H and O–H groups in total. The summed E-state index contributed by atoms with van der Waals surface area (Å²) in [4.78, 5) is 28.4. The van der Waals surface area contributed by atoms with Gasteiger partial charge in [-0.2, -0.15) is 0 Å². The first-order chi connectivity index (χ1) is 11.7. The van der Waals surface area contributed by atoms with Crippen molar-refractivity contribution in [3.8, 4) is 11.5 Å². The number of hydrogen-bond donors (Lipinski definition) is 0. The van der Waals surface area contributed by atoms with E-state index in [4.69, 9.17) is 14.2 Å². The van der Waals surface area contributed by atoms with Crippen molar-refractivity contribution >= 4 is 12.0 Å². The minimum Gasteiger partial charge on any atom is -0.454 e. The van der Waals surface area contributed by atoms with Crippen molar-refractivity contribution < 1.29 is 23.8 Å². The van der Waals surface area contributed by atoms with Crippen LogP contribution in [0.1, 0.15) is 38.1 Å². The fourth-order valence-electron chi connectivity index (χ4n) is 2.95. The van der Waals surface area contributed by atoms with E-state index in [2.05, 4.69) is 0 Å². The zero-order valence-corrected chi connectivity index (χ0v) is 15.1. The minimum atomic E-state index is -0.528. The lowest BCUT2D eigenvalue weighted by Crippen LogP contribution is -2.56. The third-order valence-electron chi connectivity index (χ3n) is 4.16. The molecule has 1 fully saturated rings. The largest absolute Gasteiger partial charge is 0.454 e. The number of ether oxygens (including phenoxy) is 3. The molecule has 2 aliphatic heterocycles. The first-order valence-corrected chi connectivity index (χ1v) is 8.43. The van der Waals surface area contributed by atoms with Gasteiger partial charge >= 0.3 is 6.09 Å². The summed E-state index contributed by atoms with van der Waals surface area (Å²) < 4.78 is 16.0. The van der Waals surface area contributed by atoms with E-state index in [9.17, 15) is 9.59 Å². The SMILES string of the molecule is CC1CN(C(=O)OC(C)(C)C)CCN1C(=O)c1ccc2c(c1)OCO2. The number of benzene rings is 1. The Labute approximate surface area is 147 Å². The first kappa shape index (κ1) is 17.4. The minimum absolute atomic E-state index is 0.0744. The molecule has 1 aromatic carbocycles. The molecule has 2 heterocycles. The highest BCUT2D eigenvalue weighted by Gasteiger charge is 2.32. The van der Waals surface area contributed by atoms with Gasteiger partial charge in [0, 0.05) is 31.2 Å². The highest BCUT2D eigenvalue weighted by molar-refractivity contribution is 5.95. The average Bonchev–Trinajstić information content (AvgIpc) is 3.00. The number of fused-ring (bicyclic) bond motifs is 1. The van der Waals surface area contributed by atoms with E-state index in [0.29, 0.717) is 36.7 Å². The van der Waals surface area contributed by atoms with Crippen LogP contribution in [0.3, 0.4) is 0 Å². The molecule has 0 saturated carbocycles. The fourth-order valence-corrected chi connectivity index (χ4v) is 2.95. The van der Waals surface area contributed by atoms with E-state index in [1.54, 1.807) is 28.0 Å². The molecule has 0 radical (unpaired) electrons. The number of rotatable bonds is 1. The summed E-state index contributed by atoms with van der Waals surface area (Å²) in [5.41, 5.74) is 0.0292. The van der Waals surface area contributed by atoms with Crippen molar-refractivity contribution in [3.05, 3.63) is 23.8 Å². The lowest BCUT2D eigenvalue weighted by atomic mass is 10.1. The summed E-state index contributed by atoms with van der Waals surface area (Å²) in [5.74, 6) is 1.17. The normalized spacial score (nSPS) is 19.8. The lowest BCUT2D eigenvalue weighted by molar-refractivity contribution is 0.00617. The van der Waals surface area contributed by atoms with Crippen LogP contribution in [0.2, 0.25) is 0 Å². The van der Waals surface area contributed by atoms with Crippen LogP contribution in [-0.2, 0) is 4.74 Å². The third kappa shape index (κ3) is 3.81. The molecule has 0 bridgehead atoms. The maximum absolute atomic E-state index is 12.8. The van der Waals surface area contributed by atoms with Gasteiger partial charge in [-0.1, -0.05) is 0 Å². The zero-order valence-electron chi connectivity index (χ0n) is 15.1. The molecule has 0 spiro atoms. The Balaban J connectivity index is 1.65. The predicted molar refractivity (Wildman–Crippen MR) is 90.9 cm³/mol. The molecule has 2 amide bonds. The van der Waals surface area contributed by atoms with Crippen molar-refractivity contribution in [2.24, 2.45) is 0 Å². The molecule has 1 atom stereocenters. The topological polar surface area (TPSA) is 68.3 Å². The Bertz CT molecular complexity index is 683. The van der Waals surface area contributed by atoms with Gasteiger partial charge in [-0.3, -0.25) is 4.79 Å². The maximum Gasteiger partial charge on any atom is 0.410 e. The number of carbonyl (C=O) groups is 2. The van der Waals surface area contributed by atoms with E-state index in [1.165, 1.54) is 0 Å². The monoisotopic (exact) mass is 348 g/mol. The maximum atomic E-state index is 12.8. The molecule has 1 aromatic rings. The van der Waals surface area contributed by atoms with Crippen LogP contribution in [-0.4, -0.2) is 59.9 Å². The molecule has 2 aliphatic rings. The summed E-state index contributed by atoms with van der Waals surface area (Å²) in [7, 11) is 0. The van der Waals surface area contributed by atoms with Crippen molar-refractivity contribution in [2.45, 2.75) is 39.3 Å². The van der Waals surface area contributed by atoms with Crippen LogP contribution in [0, 0.1) is 0 Å². The Morgan fingerprint density at radius 3 is 2.56 bits per heavy atom. The number of carbonyl (C=O) groups excluding carboxylic acids is 2. The first-order valence-electron chi connectivity index (χ1n) is 8.43. The quantitative estimate of drug-likeness (QED) is 0.780. The summed E-state index contributed by atoms with van der Waals surface area (Å²) in [6, 6.07) is 5.09. The van der Waals surface area contributed by atoms with Crippen LogP contribution in [0.4, 0.5) is 4.79 Å². The lowest BCUT2D eigenvalue weighted by Gasteiger charge is -2.40. The molecule has 25 heavy (non-hydrogen) atoms. The predicted octanol–water partition coefficient (Wildman–Crippen LogP) is 2.50. The Morgan fingerprint density at radius 1 is 1.16 bits per heavy atom. The van der Waals surface area contributed by atoms with Crippen LogP contribution in [0.5, 0.6) is 11.5 Å². The van der Waals surface area contributed by atoms with E-state index >= 15 is 0 Å². The van der Waals surface area contributed by atoms with Crippen molar-refractivity contribution in [2.75, 3.05) is 26.4 Å². The molecule has 3 rings (SSSR count). The Morgan fingerprint density at radius 2 is 1.88 bits per heavy atom. The zero-order chi connectivity index (χ0) is 18.2. The van der Waals surface area contributed by atoms with Crippen LogP contribution in [0.25, 0.3) is 0 Å². The fraction of sp³-hybridized carbons (Fsp3) is 0.556. The van der Waals surface area contributed by atoms with Crippen LogP contribution < -0.4 is 9.47 Å². The molecule has 0 aromatic heterocycles. The van der Waals surface area contributed by atoms with Gasteiger partial charge in [0.05, 0.1) is 0 Å². The number of piperazine rings is 1. The molecule has 0 aliphatic carbocycles. The van der Waals surface area contributed by atoms with Gasteiger partial charge in [0.15, 0.2) is 11.5 Å². The van der Waals surface area contributed by atoms with Crippen LogP contribution >= 0.6 is 0 Å². The van der Waals surface area contributed by atoms with Crippen molar-refractivity contribution in [1.82, 2.24) is 9.80 Å². The van der Waals surface area contributed by atoms with E-state index < -0.39 is 5.60 Å². The second kappa shape index (κ2) is 6.46. The van der Waals surface area contributed by atoms with Gasteiger partial charge in [0.1, 0.15) is 5.60 Å². The van der Waals surface area contributed by atoms with Gasteiger partial charge in [0.25, 0.3) is 5.91 Å². The molecule has 1 unspecified atom stereocenters. The van der Waals surface area contributed by atoms with Gasteiger partial charge in [-0.15, -0.1) is 0 Å². The highest BCUT2D eigenvalue weighted by atomic mass is 16.7. The molecule has 1 saturated heterocycles. The molecule has 136 valence electrons. The summed E-state index contributed by atoms with van der Waals surface area (Å²) in [5, 5.41) is 0. The van der Waals surface area contributed by atoms with Crippen molar-refractivity contribution in [3.63, 3.8) is 0 Å². The molecule has 7 nitrogen and oxygen atoms in total. The number of nitrogens with zero attached hydrogens (tertiary/aromatic N) is 2. The second-order valence-corrected chi connectivity index (χ2v) is 7.34. The van der Waals surface area contributed by atoms with E-state index in [1.807, 2.05) is 27.7 Å². The summed E-state index contributed by atoms with van der Waals surface area (Å²) in [6.45, 7) is 9.00. The molecule has 7 heteroatoms. The van der Waals surface area contributed by atoms with E-state index in [-0.39, 0.29) is 24.8 Å². The smallest absolute Gasteiger partial charge is 0.410 e. The number of amides is 2. The van der Waals surface area contributed by atoms with Gasteiger partial charge in [-0.25, -0.2) is 4.79 Å². The van der Waals surface area contributed by atoms with Crippen molar-refractivity contribution in [1.29, 1.82) is 0 Å². The van der Waals surface area contributed by atoms with E-state index in [0.717, 1.165) is 0 Å². The summed E-state index contributed by atoms with van der Waals surface area (Å²) in [6.07, 6.45) is -0.338. The van der Waals surface area contributed by atoms with Gasteiger partial charge in [-0.05, 0) is 45.9 Å². The van der Waals surface area contributed by atoms with Gasteiger partial charge < -0.3 is 24.0 Å². The standard InChI is InChI=1S/C18H24N2O5/c1-12-10-19(17(22)25-18(2,3)4)7-8-20(12)16(21)13-5-6-14-15(9-13)24-11-23-14/h5-6,9,12H,7-8,10-11H2,1-4H3. The summed E-state index contributed by atoms with van der Waals surface area (Å²) >= 11 is 0. The molecular weight excluding hydrogens is 324 g/mol. The van der Waals surface area contributed by atoms with Crippen LogP contribution in [0.15, 0.2) is 18.2 Å².